The molecule has 5 nitrogen and oxygen atoms in total. The van der Waals surface area contributed by atoms with Crippen molar-refractivity contribution in [2.45, 2.75) is 38.1 Å². The minimum absolute atomic E-state index is 0.0498. The molecule has 1 aliphatic carbocycles. The van der Waals surface area contributed by atoms with E-state index in [0.29, 0.717) is 5.69 Å². The molecule has 128 valence electrons. The molecule has 1 amide bonds. The van der Waals surface area contributed by atoms with Crippen molar-refractivity contribution in [3.05, 3.63) is 24.0 Å². The van der Waals surface area contributed by atoms with Crippen molar-refractivity contribution in [1.82, 2.24) is 5.32 Å². The summed E-state index contributed by atoms with van der Waals surface area (Å²) in [5, 5.41) is 15.0. The fourth-order valence-corrected chi connectivity index (χ4v) is 3.29. The maximum Gasteiger partial charge on any atom is 0.240 e. The molecule has 1 saturated carbocycles. The Hall–Kier alpha value is -2.29. The smallest absolute Gasteiger partial charge is 0.240 e. The Morgan fingerprint density at radius 3 is 2.75 bits per heavy atom. The number of amides is 1. The Bertz CT molecular complexity index is 661. The van der Waals surface area contributed by atoms with E-state index >= 15 is 0 Å². The molecule has 1 aromatic rings. The predicted octanol–water partition coefficient (Wildman–Crippen LogP) is 2.65. The topological polar surface area (TPSA) is 68.2 Å². The zero-order valence-electron chi connectivity index (χ0n) is 13.9. The number of rotatable bonds is 6. The lowest BCUT2D eigenvalue weighted by Crippen LogP contribution is -2.48. The van der Waals surface area contributed by atoms with Gasteiger partial charge in [0.2, 0.25) is 5.91 Å². The van der Waals surface area contributed by atoms with E-state index in [0.717, 1.165) is 44.5 Å². The number of benzene rings is 1. The summed E-state index contributed by atoms with van der Waals surface area (Å²) in [6.45, 7) is 3.50. The zero-order chi connectivity index (χ0) is 17.2. The van der Waals surface area contributed by atoms with Crippen LogP contribution in [0.2, 0.25) is 0 Å². The van der Waals surface area contributed by atoms with Crippen molar-refractivity contribution in [1.29, 1.82) is 5.26 Å². The molecule has 24 heavy (non-hydrogen) atoms. The van der Waals surface area contributed by atoms with Crippen molar-refractivity contribution >= 4 is 17.3 Å². The molecular formula is C18H23FN4O. The standard InChI is InChI=1S/C18H23FN4O/c1-18(12-20,13-7-8-13)22-16(24)11-21-17-14(19)5-4-6-15(17)23-9-2-3-10-23/h4-6,13,21H,2-3,7-11H2,1H3,(H,22,24)/t18-/m0/s1. The molecule has 1 aromatic carbocycles. The molecule has 0 spiro atoms. The van der Waals surface area contributed by atoms with Crippen molar-refractivity contribution in [2.24, 2.45) is 5.92 Å². The number of halogens is 1. The van der Waals surface area contributed by atoms with Gasteiger partial charge in [0.05, 0.1) is 24.0 Å². The maximum atomic E-state index is 14.2. The predicted molar refractivity (Wildman–Crippen MR) is 91.2 cm³/mol. The zero-order valence-corrected chi connectivity index (χ0v) is 13.9. The molecule has 1 aliphatic heterocycles. The summed E-state index contributed by atoms with van der Waals surface area (Å²) in [5.74, 6) is -0.431. The van der Waals surface area contributed by atoms with Gasteiger partial charge in [-0.3, -0.25) is 4.79 Å². The molecule has 6 heteroatoms. The van der Waals surface area contributed by atoms with Crippen LogP contribution >= 0.6 is 0 Å². The van der Waals surface area contributed by atoms with Crippen molar-refractivity contribution in [3.63, 3.8) is 0 Å². The second-order valence-corrected chi connectivity index (χ2v) is 6.82. The number of carbonyl (C=O) groups is 1. The highest BCUT2D eigenvalue weighted by atomic mass is 19.1. The third-order valence-electron chi connectivity index (χ3n) is 4.89. The van der Waals surface area contributed by atoms with Gasteiger partial charge < -0.3 is 15.5 Å². The first kappa shape index (κ1) is 16.6. The van der Waals surface area contributed by atoms with Gasteiger partial charge in [-0.15, -0.1) is 0 Å². The lowest BCUT2D eigenvalue weighted by Gasteiger charge is -2.24. The van der Waals surface area contributed by atoms with Crippen LogP contribution < -0.4 is 15.5 Å². The number of anilines is 2. The minimum Gasteiger partial charge on any atom is -0.372 e. The summed E-state index contributed by atoms with van der Waals surface area (Å²) < 4.78 is 14.2. The van der Waals surface area contributed by atoms with E-state index in [2.05, 4.69) is 21.6 Å². The van der Waals surface area contributed by atoms with E-state index in [1.165, 1.54) is 6.07 Å². The number of para-hydroxylation sites is 1. The summed E-state index contributed by atoms with van der Waals surface area (Å²) in [6, 6.07) is 7.15. The van der Waals surface area contributed by atoms with Gasteiger partial charge in [-0.05, 0) is 50.7 Å². The van der Waals surface area contributed by atoms with Crippen LogP contribution in [0.4, 0.5) is 15.8 Å². The summed E-state index contributed by atoms with van der Waals surface area (Å²) in [6.07, 6.45) is 4.12. The van der Waals surface area contributed by atoms with Gasteiger partial charge in [0.1, 0.15) is 11.4 Å². The van der Waals surface area contributed by atoms with E-state index in [-0.39, 0.29) is 24.2 Å². The first-order chi connectivity index (χ1) is 11.5. The van der Waals surface area contributed by atoms with Crippen molar-refractivity contribution in [2.75, 3.05) is 29.9 Å². The number of hydrogen-bond acceptors (Lipinski definition) is 4. The molecule has 0 aromatic heterocycles. The van der Waals surface area contributed by atoms with Gasteiger partial charge >= 0.3 is 0 Å². The minimum atomic E-state index is -0.828. The van der Waals surface area contributed by atoms with Crippen LogP contribution in [0.5, 0.6) is 0 Å². The van der Waals surface area contributed by atoms with Gasteiger partial charge in [-0.2, -0.15) is 5.26 Å². The van der Waals surface area contributed by atoms with E-state index < -0.39 is 5.54 Å². The van der Waals surface area contributed by atoms with E-state index in [9.17, 15) is 14.4 Å². The highest BCUT2D eigenvalue weighted by Crippen LogP contribution is 2.39. The van der Waals surface area contributed by atoms with E-state index in [1.807, 2.05) is 6.07 Å². The quantitative estimate of drug-likeness (QED) is 0.841. The Balaban J connectivity index is 1.66. The lowest BCUT2D eigenvalue weighted by atomic mass is 9.98. The van der Waals surface area contributed by atoms with Crippen molar-refractivity contribution in [3.8, 4) is 6.07 Å². The van der Waals surface area contributed by atoms with E-state index in [1.54, 1.807) is 13.0 Å². The molecule has 1 atom stereocenters. The summed E-state index contributed by atoms with van der Waals surface area (Å²) >= 11 is 0. The van der Waals surface area contributed by atoms with Gasteiger partial charge in [0.15, 0.2) is 0 Å². The number of hydrogen-bond donors (Lipinski definition) is 2. The van der Waals surface area contributed by atoms with Gasteiger partial charge in [-0.1, -0.05) is 6.07 Å². The summed E-state index contributed by atoms with van der Waals surface area (Å²) in [4.78, 5) is 14.3. The molecule has 1 heterocycles. The second kappa shape index (κ2) is 6.68. The average molecular weight is 330 g/mol. The van der Waals surface area contributed by atoms with Gasteiger partial charge in [-0.25, -0.2) is 4.39 Å². The van der Waals surface area contributed by atoms with Crippen LogP contribution in [0, 0.1) is 23.1 Å². The normalized spacial score (nSPS) is 19.5. The molecular weight excluding hydrogens is 307 g/mol. The monoisotopic (exact) mass is 330 g/mol. The highest BCUT2D eigenvalue weighted by Gasteiger charge is 2.42. The SMILES string of the molecule is C[C@@](C#N)(NC(=O)CNc1c(F)cccc1N1CCCC1)C1CC1. The van der Waals surface area contributed by atoms with Gasteiger partial charge in [0, 0.05) is 13.1 Å². The third-order valence-corrected chi connectivity index (χ3v) is 4.89. The Labute approximate surface area is 141 Å². The first-order valence-electron chi connectivity index (χ1n) is 8.53. The fraction of sp³-hybridized carbons (Fsp3) is 0.556. The third kappa shape index (κ3) is 3.45. The van der Waals surface area contributed by atoms with Crippen LogP contribution in [0.15, 0.2) is 18.2 Å². The Kier molecular flexibility index (Phi) is 4.61. The average Bonchev–Trinajstić information content (AvgIpc) is 3.30. The highest BCUT2D eigenvalue weighted by molar-refractivity contribution is 5.84. The largest absolute Gasteiger partial charge is 0.372 e. The van der Waals surface area contributed by atoms with Crippen LogP contribution in [0.25, 0.3) is 0 Å². The maximum absolute atomic E-state index is 14.2. The Morgan fingerprint density at radius 1 is 1.42 bits per heavy atom. The molecule has 0 radical (unpaired) electrons. The molecule has 2 aliphatic rings. The molecule has 2 fully saturated rings. The van der Waals surface area contributed by atoms with E-state index in [4.69, 9.17) is 0 Å². The summed E-state index contributed by atoms with van der Waals surface area (Å²) in [5.41, 5.74) is 0.330. The Morgan fingerprint density at radius 2 is 2.12 bits per heavy atom. The second-order valence-electron chi connectivity index (χ2n) is 6.82. The van der Waals surface area contributed by atoms with Crippen LogP contribution in [0.1, 0.15) is 32.6 Å². The molecule has 2 N–H and O–H groups in total. The molecule has 3 rings (SSSR count). The van der Waals surface area contributed by atoms with Gasteiger partial charge in [0.25, 0.3) is 0 Å². The first-order valence-corrected chi connectivity index (χ1v) is 8.53. The summed E-state index contributed by atoms with van der Waals surface area (Å²) in [7, 11) is 0. The number of nitrogens with one attached hydrogen (secondary N) is 2. The lowest BCUT2D eigenvalue weighted by molar-refractivity contribution is -0.120. The number of nitrogens with zero attached hydrogens (tertiary/aromatic N) is 2. The van der Waals surface area contributed by atoms with Crippen LogP contribution in [-0.2, 0) is 4.79 Å². The molecule has 0 bridgehead atoms. The molecule has 1 saturated heterocycles. The van der Waals surface area contributed by atoms with Crippen LogP contribution in [0.3, 0.4) is 0 Å². The number of nitriles is 1. The number of carbonyl (C=O) groups excluding carboxylic acids is 1. The van der Waals surface area contributed by atoms with Crippen LogP contribution in [-0.4, -0.2) is 31.1 Å². The fourth-order valence-electron chi connectivity index (χ4n) is 3.29. The molecule has 0 unspecified atom stereocenters. The van der Waals surface area contributed by atoms with Crippen molar-refractivity contribution < 1.29 is 9.18 Å².